The lowest BCUT2D eigenvalue weighted by atomic mass is 10.3. The molecule has 0 fully saturated rings. The maximum absolute atomic E-state index is 5.13. The van der Waals surface area contributed by atoms with Crippen LogP contribution >= 0.6 is 0 Å². The van der Waals surface area contributed by atoms with E-state index in [9.17, 15) is 0 Å². The van der Waals surface area contributed by atoms with Crippen LogP contribution in [0.5, 0.6) is 0 Å². The summed E-state index contributed by atoms with van der Waals surface area (Å²) in [6.07, 6.45) is 10.4. The zero-order chi connectivity index (χ0) is 9.80. The molecule has 14 heavy (non-hydrogen) atoms. The fraction of sp³-hybridized carbons (Fsp3) is 0.200. The maximum Gasteiger partial charge on any atom is 0.156 e. The van der Waals surface area contributed by atoms with Gasteiger partial charge in [-0.15, -0.1) is 6.42 Å². The normalized spacial score (nSPS) is 10.2. The van der Waals surface area contributed by atoms with E-state index < -0.39 is 0 Å². The first-order chi connectivity index (χ1) is 6.92. The molecule has 2 aromatic heterocycles. The Labute approximate surface area is 81.8 Å². The fourth-order valence-corrected chi connectivity index (χ4v) is 1.31. The van der Waals surface area contributed by atoms with Gasteiger partial charge in [-0.25, -0.2) is 4.98 Å². The topological polar surface area (TPSA) is 53.6 Å². The SMILES string of the molecule is C#CCNCc1c[nH]c2nccnc12. The van der Waals surface area contributed by atoms with Gasteiger partial charge in [-0.1, -0.05) is 5.92 Å². The van der Waals surface area contributed by atoms with Crippen molar-refractivity contribution in [2.24, 2.45) is 0 Å². The van der Waals surface area contributed by atoms with Crippen LogP contribution in [0.1, 0.15) is 5.56 Å². The van der Waals surface area contributed by atoms with Gasteiger partial charge in [0.15, 0.2) is 5.65 Å². The van der Waals surface area contributed by atoms with Crippen molar-refractivity contribution in [3.8, 4) is 12.3 Å². The summed E-state index contributed by atoms with van der Waals surface area (Å²) in [6, 6.07) is 0. The molecule has 0 aliphatic heterocycles. The van der Waals surface area contributed by atoms with Crippen LogP contribution in [0, 0.1) is 12.3 Å². The van der Waals surface area contributed by atoms with Crippen molar-refractivity contribution in [1.29, 1.82) is 0 Å². The van der Waals surface area contributed by atoms with E-state index >= 15 is 0 Å². The summed E-state index contributed by atoms with van der Waals surface area (Å²) in [5.41, 5.74) is 2.80. The first kappa shape index (κ1) is 8.73. The number of hydrogen-bond donors (Lipinski definition) is 2. The van der Waals surface area contributed by atoms with Gasteiger partial charge in [0.1, 0.15) is 5.52 Å². The second kappa shape index (κ2) is 3.90. The first-order valence-electron chi connectivity index (χ1n) is 4.33. The van der Waals surface area contributed by atoms with Crippen molar-refractivity contribution in [3.63, 3.8) is 0 Å². The average molecular weight is 186 g/mol. The Kier molecular flexibility index (Phi) is 2.43. The van der Waals surface area contributed by atoms with Gasteiger partial charge in [-0.05, 0) is 0 Å². The van der Waals surface area contributed by atoms with Crippen molar-refractivity contribution < 1.29 is 0 Å². The molecular weight excluding hydrogens is 176 g/mol. The lowest BCUT2D eigenvalue weighted by molar-refractivity contribution is 0.773. The molecule has 0 amide bonds. The number of aromatic amines is 1. The highest BCUT2D eigenvalue weighted by Gasteiger charge is 2.03. The Bertz CT molecular complexity index is 466. The predicted octanol–water partition coefficient (Wildman–Crippen LogP) is 0.681. The molecule has 2 N–H and O–H groups in total. The Hall–Kier alpha value is -1.86. The van der Waals surface area contributed by atoms with Crippen molar-refractivity contribution in [2.75, 3.05) is 6.54 Å². The molecule has 0 saturated carbocycles. The first-order valence-corrected chi connectivity index (χ1v) is 4.33. The number of fused-ring (bicyclic) bond motifs is 1. The van der Waals surface area contributed by atoms with Gasteiger partial charge in [0, 0.05) is 30.7 Å². The largest absolute Gasteiger partial charge is 0.344 e. The molecule has 0 unspecified atom stereocenters. The van der Waals surface area contributed by atoms with Gasteiger partial charge in [0.05, 0.1) is 6.54 Å². The Morgan fingerprint density at radius 3 is 3.14 bits per heavy atom. The number of hydrogen-bond acceptors (Lipinski definition) is 3. The standard InChI is InChI=1S/C10H10N4/c1-2-3-11-6-8-7-14-10-9(8)12-4-5-13-10/h1,4-5,7,11H,3,6H2,(H,13,14). The summed E-state index contributed by atoms with van der Waals surface area (Å²) < 4.78 is 0. The number of terminal acetylenes is 1. The summed E-state index contributed by atoms with van der Waals surface area (Å²) in [6.45, 7) is 1.27. The molecule has 4 heteroatoms. The van der Waals surface area contributed by atoms with Crippen LogP contribution in [0.4, 0.5) is 0 Å². The van der Waals surface area contributed by atoms with Gasteiger partial charge in [-0.3, -0.25) is 4.98 Å². The van der Waals surface area contributed by atoms with E-state index in [2.05, 4.69) is 26.2 Å². The maximum atomic E-state index is 5.13. The number of nitrogens with one attached hydrogen (secondary N) is 2. The smallest absolute Gasteiger partial charge is 0.156 e. The molecule has 0 spiro atoms. The Morgan fingerprint density at radius 2 is 2.29 bits per heavy atom. The van der Waals surface area contributed by atoms with Crippen molar-refractivity contribution in [1.82, 2.24) is 20.3 Å². The Balaban J connectivity index is 2.22. The Morgan fingerprint density at radius 1 is 1.43 bits per heavy atom. The molecule has 0 bridgehead atoms. The van der Waals surface area contributed by atoms with Crippen LogP contribution < -0.4 is 5.32 Å². The summed E-state index contributed by atoms with van der Waals surface area (Å²) >= 11 is 0. The summed E-state index contributed by atoms with van der Waals surface area (Å²) in [7, 11) is 0. The highest BCUT2D eigenvalue weighted by molar-refractivity contribution is 5.74. The molecule has 2 rings (SSSR count). The van der Waals surface area contributed by atoms with E-state index in [0.29, 0.717) is 13.1 Å². The third-order valence-corrected chi connectivity index (χ3v) is 1.93. The molecule has 0 radical (unpaired) electrons. The second-order valence-corrected chi connectivity index (χ2v) is 2.88. The van der Waals surface area contributed by atoms with E-state index in [1.165, 1.54) is 0 Å². The fourth-order valence-electron chi connectivity index (χ4n) is 1.31. The average Bonchev–Trinajstić information content (AvgIpc) is 2.63. The molecule has 0 aromatic carbocycles. The van der Waals surface area contributed by atoms with Crippen molar-refractivity contribution >= 4 is 11.2 Å². The van der Waals surface area contributed by atoms with E-state index in [1.807, 2.05) is 6.20 Å². The molecule has 0 aliphatic rings. The number of H-pyrrole nitrogens is 1. The van der Waals surface area contributed by atoms with Crippen molar-refractivity contribution in [3.05, 3.63) is 24.2 Å². The monoisotopic (exact) mass is 186 g/mol. The zero-order valence-electron chi connectivity index (χ0n) is 7.62. The molecule has 2 aromatic rings. The van der Waals surface area contributed by atoms with E-state index in [1.54, 1.807) is 12.4 Å². The zero-order valence-corrected chi connectivity index (χ0v) is 7.62. The summed E-state index contributed by atoms with van der Waals surface area (Å²) in [4.78, 5) is 11.4. The van der Waals surface area contributed by atoms with Crippen molar-refractivity contribution in [2.45, 2.75) is 6.54 Å². The highest BCUT2D eigenvalue weighted by atomic mass is 14.9. The molecule has 0 saturated heterocycles. The van der Waals surface area contributed by atoms with Gasteiger partial charge < -0.3 is 10.3 Å². The number of aromatic nitrogens is 3. The molecule has 4 nitrogen and oxygen atoms in total. The van der Waals surface area contributed by atoms with Crippen LogP contribution in [0.15, 0.2) is 18.6 Å². The van der Waals surface area contributed by atoms with E-state index in [-0.39, 0.29) is 0 Å². The van der Waals surface area contributed by atoms with Crippen LogP contribution in [-0.4, -0.2) is 21.5 Å². The number of rotatable bonds is 3. The van der Waals surface area contributed by atoms with Gasteiger partial charge in [-0.2, -0.15) is 0 Å². The number of nitrogens with zero attached hydrogens (tertiary/aromatic N) is 2. The summed E-state index contributed by atoms with van der Waals surface area (Å²) in [5.74, 6) is 2.52. The third kappa shape index (κ3) is 1.58. The minimum Gasteiger partial charge on any atom is -0.344 e. The van der Waals surface area contributed by atoms with Crippen LogP contribution in [0.2, 0.25) is 0 Å². The minimum atomic E-state index is 0.562. The molecule has 70 valence electrons. The van der Waals surface area contributed by atoms with Crippen LogP contribution in [0.3, 0.4) is 0 Å². The van der Waals surface area contributed by atoms with E-state index in [4.69, 9.17) is 6.42 Å². The molecule has 2 heterocycles. The highest BCUT2D eigenvalue weighted by Crippen LogP contribution is 2.11. The van der Waals surface area contributed by atoms with Gasteiger partial charge in [0.2, 0.25) is 0 Å². The molecule has 0 aliphatic carbocycles. The van der Waals surface area contributed by atoms with Gasteiger partial charge in [0.25, 0.3) is 0 Å². The molecular formula is C10H10N4. The van der Waals surface area contributed by atoms with Crippen LogP contribution in [0.25, 0.3) is 11.2 Å². The van der Waals surface area contributed by atoms with Gasteiger partial charge >= 0.3 is 0 Å². The predicted molar refractivity (Wildman–Crippen MR) is 54.4 cm³/mol. The minimum absolute atomic E-state index is 0.562. The quantitative estimate of drug-likeness (QED) is 0.547. The van der Waals surface area contributed by atoms with Crippen LogP contribution in [-0.2, 0) is 6.54 Å². The lowest BCUT2D eigenvalue weighted by Gasteiger charge is -1.97. The van der Waals surface area contributed by atoms with E-state index in [0.717, 1.165) is 16.7 Å². The summed E-state index contributed by atoms with van der Waals surface area (Å²) in [5, 5.41) is 3.11. The third-order valence-electron chi connectivity index (χ3n) is 1.93. The lowest BCUT2D eigenvalue weighted by Crippen LogP contribution is -2.12. The molecule has 0 atom stereocenters. The second-order valence-electron chi connectivity index (χ2n) is 2.88.